The summed E-state index contributed by atoms with van der Waals surface area (Å²) < 4.78 is 11.4. The molecule has 1 aliphatic heterocycles. The minimum absolute atomic E-state index is 0.0109. The number of alkyl carbamates (subject to hydrolysis) is 1. The summed E-state index contributed by atoms with van der Waals surface area (Å²) in [7, 11) is 0. The van der Waals surface area contributed by atoms with Crippen LogP contribution >= 0.6 is 0 Å². The number of nitrogens with one attached hydrogen (secondary N) is 5. The fourth-order valence-corrected chi connectivity index (χ4v) is 5.06. The maximum Gasteiger partial charge on any atom is 0.408 e. The first-order valence-corrected chi connectivity index (χ1v) is 16.1. The third-order valence-corrected chi connectivity index (χ3v) is 7.06. The fourth-order valence-electron chi connectivity index (χ4n) is 5.06. The van der Waals surface area contributed by atoms with Crippen molar-refractivity contribution in [3.8, 4) is 0 Å². The quantitative estimate of drug-likeness (QED) is 0.173. The average Bonchev–Trinajstić information content (AvgIpc) is 3.35. The molecule has 2 unspecified atom stereocenters. The largest absolute Gasteiger partial charge is 0.445 e. The van der Waals surface area contributed by atoms with Gasteiger partial charge in [0.25, 0.3) is 0 Å². The predicted molar refractivity (Wildman–Crippen MR) is 175 cm³/mol. The lowest BCUT2D eigenvalue weighted by Gasteiger charge is -2.32. The van der Waals surface area contributed by atoms with Crippen LogP contribution in [0.4, 0.5) is 4.79 Å². The first-order chi connectivity index (χ1) is 21.5. The summed E-state index contributed by atoms with van der Waals surface area (Å²) in [5, 5.41) is 13.9. The Bertz CT molecular complexity index is 1200. The van der Waals surface area contributed by atoms with Crippen LogP contribution < -0.4 is 26.6 Å². The Hall–Kier alpha value is -3.93. The van der Waals surface area contributed by atoms with Crippen molar-refractivity contribution in [2.24, 2.45) is 11.8 Å². The van der Waals surface area contributed by atoms with Gasteiger partial charge in [-0.05, 0) is 72.3 Å². The molecule has 1 fully saturated rings. The number of hydrogen-bond donors (Lipinski definition) is 5. The van der Waals surface area contributed by atoms with Crippen LogP contribution in [-0.2, 0) is 35.3 Å². The summed E-state index contributed by atoms with van der Waals surface area (Å²) in [4.78, 5) is 64.9. The Balaban J connectivity index is 2.23. The molecule has 0 aromatic heterocycles. The van der Waals surface area contributed by atoms with Crippen molar-refractivity contribution in [2.75, 3.05) is 6.54 Å². The van der Waals surface area contributed by atoms with Gasteiger partial charge in [0, 0.05) is 30.6 Å². The van der Waals surface area contributed by atoms with Crippen molar-refractivity contribution >= 4 is 29.7 Å². The molecule has 0 aliphatic carbocycles. The summed E-state index contributed by atoms with van der Waals surface area (Å²) in [6, 6.07) is 6.28. The summed E-state index contributed by atoms with van der Waals surface area (Å²) >= 11 is 0. The molecule has 5 N–H and O–H groups in total. The Morgan fingerprint density at radius 2 is 1.63 bits per heavy atom. The molecule has 1 aromatic rings. The van der Waals surface area contributed by atoms with Gasteiger partial charge in [0.1, 0.15) is 18.7 Å². The van der Waals surface area contributed by atoms with Gasteiger partial charge >= 0.3 is 6.09 Å². The van der Waals surface area contributed by atoms with Gasteiger partial charge in [0.2, 0.25) is 23.6 Å². The molecule has 5 amide bonds. The van der Waals surface area contributed by atoms with Crippen molar-refractivity contribution in [3.63, 3.8) is 0 Å². The van der Waals surface area contributed by atoms with Crippen LogP contribution in [0.15, 0.2) is 42.5 Å². The number of hydrogen-bond acceptors (Lipinski definition) is 7. The third-order valence-electron chi connectivity index (χ3n) is 7.06. The van der Waals surface area contributed by atoms with Crippen molar-refractivity contribution in [2.45, 2.75) is 117 Å². The number of benzene rings is 1. The molecular weight excluding hydrogens is 590 g/mol. The van der Waals surface area contributed by atoms with E-state index in [1.807, 2.05) is 78.8 Å². The summed E-state index contributed by atoms with van der Waals surface area (Å²) in [6.07, 6.45) is 2.54. The van der Waals surface area contributed by atoms with Crippen LogP contribution in [0.2, 0.25) is 0 Å². The number of carbonyl (C=O) groups excluding carboxylic acids is 5. The highest BCUT2D eigenvalue weighted by Gasteiger charge is 2.35. The highest BCUT2D eigenvalue weighted by molar-refractivity contribution is 5.92. The molecule has 12 nitrogen and oxygen atoms in total. The highest BCUT2D eigenvalue weighted by atomic mass is 16.6. The molecular formula is C34H53N5O7. The lowest BCUT2D eigenvalue weighted by atomic mass is 9.96. The van der Waals surface area contributed by atoms with E-state index in [2.05, 4.69) is 26.6 Å². The standard InChI is InChI=1S/C34H53N5O7/c1-21(2)18-27(31(42)37-26(14-15-28(40)36-22(3)4)19-25-16-17-35-30(25)41)38-32(43)29(23(5)46-34(6,7)8)39-33(44)45-20-24-12-10-9-11-13-24/h9-15,21-23,25-27,29H,16-20H2,1-8H3,(H,35,41)(H,36,40)(H,37,42)(H,38,43)(H,39,44)/b15-14+/t23?,25?,26-,27+,29+/m1/s1. The third kappa shape index (κ3) is 14.4. The fraction of sp³-hybridized carbons (Fsp3) is 0.618. The molecule has 0 radical (unpaired) electrons. The Kier molecular flexibility index (Phi) is 15.2. The molecule has 46 heavy (non-hydrogen) atoms. The van der Waals surface area contributed by atoms with Crippen molar-refractivity contribution in [1.82, 2.24) is 26.6 Å². The molecule has 1 aromatic carbocycles. The zero-order valence-corrected chi connectivity index (χ0v) is 28.5. The summed E-state index contributed by atoms with van der Waals surface area (Å²) in [5.74, 6) is -1.83. The lowest BCUT2D eigenvalue weighted by Crippen LogP contribution is -2.59. The molecule has 1 heterocycles. The van der Waals surface area contributed by atoms with Crippen LogP contribution in [0.25, 0.3) is 0 Å². The van der Waals surface area contributed by atoms with Gasteiger partial charge in [-0.25, -0.2) is 4.79 Å². The first kappa shape index (κ1) is 38.3. The second-order valence-electron chi connectivity index (χ2n) is 13.5. The van der Waals surface area contributed by atoms with Crippen molar-refractivity contribution in [1.29, 1.82) is 0 Å². The molecule has 256 valence electrons. The average molecular weight is 644 g/mol. The zero-order chi connectivity index (χ0) is 34.4. The van der Waals surface area contributed by atoms with Crippen LogP contribution in [0.1, 0.15) is 80.2 Å². The zero-order valence-electron chi connectivity index (χ0n) is 28.5. The van der Waals surface area contributed by atoms with E-state index >= 15 is 0 Å². The van der Waals surface area contributed by atoms with Crippen molar-refractivity contribution < 1.29 is 33.4 Å². The van der Waals surface area contributed by atoms with Gasteiger partial charge in [0.15, 0.2) is 0 Å². The van der Waals surface area contributed by atoms with Gasteiger partial charge in [-0.2, -0.15) is 0 Å². The van der Waals surface area contributed by atoms with E-state index in [1.165, 1.54) is 6.08 Å². The van der Waals surface area contributed by atoms with Crippen LogP contribution in [-0.4, -0.2) is 72.1 Å². The molecule has 0 bridgehead atoms. The lowest BCUT2D eigenvalue weighted by molar-refractivity contribution is -0.135. The maximum atomic E-state index is 13.7. The summed E-state index contributed by atoms with van der Waals surface area (Å²) in [6.45, 7) is 15.2. The molecule has 0 saturated carbocycles. The minimum atomic E-state index is -1.18. The minimum Gasteiger partial charge on any atom is -0.445 e. The van der Waals surface area contributed by atoms with Gasteiger partial charge in [-0.3, -0.25) is 19.2 Å². The first-order valence-electron chi connectivity index (χ1n) is 16.1. The van der Waals surface area contributed by atoms with E-state index in [4.69, 9.17) is 9.47 Å². The molecule has 1 saturated heterocycles. The van der Waals surface area contributed by atoms with Crippen LogP contribution in [0.5, 0.6) is 0 Å². The molecule has 2 rings (SSSR count). The van der Waals surface area contributed by atoms with Crippen LogP contribution in [0, 0.1) is 11.8 Å². The Morgan fingerprint density at radius 3 is 2.20 bits per heavy atom. The number of rotatable bonds is 16. The predicted octanol–water partition coefficient (Wildman–Crippen LogP) is 3.11. The Labute approximate surface area is 273 Å². The second-order valence-corrected chi connectivity index (χ2v) is 13.5. The number of amides is 5. The van der Waals surface area contributed by atoms with Gasteiger partial charge < -0.3 is 36.1 Å². The number of ether oxygens (including phenoxy) is 2. The van der Waals surface area contributed by atoms with E-state index in [1.54, 1.807) is 13.0 Å². The molecule has 1 aliphatic rings. The van der Waals surface area contributed by atoms with E-state index in [9.17, 15) is 24.0 Å². The second kappa shape index (κ2) is 18.3. The number of carbonyl (C=O) groups is 5. The normalized spacial score (nSPS) is 17.6. The maximum absolute atomic E-state index is 13.7. The monoisotopic (exact) mass is 643 g/mol. The van der Waals surface area contributed by atoms with Crippen molar-refractivity contribution in [3.05, 3.63) is 48.0 Å². The topological polar surface area (TPSA) is 164 Å². The Morgan fingerprint density at radius 1 is 0.957 bits per heavy atom. The van der Waals surface area contributed by atoms with Gasteiger partial charge in [0.05, 0.1) is 11.7 Å². The van der Waals surface area contributed by atoms with Gasteiger partial charge in [-0.1, -0.05) is 50.3 Å². The smallest absolute Gasteiger partial charge is 0.408 e. The molecule has 5 atom stereocenters. The molecule has 12 heteroatoms. The van der Waals surface area contributed by atoms with E-state index < -0.39 is 47.7 Å². The van der Waals surface area contributed by atoms with E-state index in [0.29, 0.717) is 25.8 Å². The highest BCUT2D eigenvalue weighted by Crippen LogP contribution is 2.18. The van der Waals surface area contributed by atoms with Gasteiger partial charge in [-0.15, -0.1) is 0 Å². The van der Waals surface area contributed by atoms with E-state index in [-0.39, 0.29) is 36.3 Å². The SMILES string of the molecule is CC(C)C[C@H](NC(=O)[C@@H](NC(=O)OCc1ccccc1)C(C)OC(C)(C)C)C(=O)N[C@H](/C=C/C(=O)NC(C)C)CC1CCNC1=O. The summed E-state index contributed by atoms with van der Waals surface area (Å²) in [5.41, 5.74) is 0.155. The molecule has 0 spiro atoms. The van der Waals surface area contributed by atoms with Crippen LogP contribution in [0.3, 0.4) is 0 Å². The van der Waals surface area contributed by atoms with E-state index in [0.717, 1.165) is 5.56 Å².